The van der Waals surface area contributed by atoms with E-state index in [0.29, 0.717) is 6.42 Å². The van der Waals surface area contributed by atoms with E-state index >= 15 is 0 Å². The molecule has 0 aromatic carbocycles. The Kier molecular flexibility index (Phi) is 3.15. The summed E-state index contributed by atoms with van der Waals surface area (Å²) in [6, 6.07) is -0.205. The van der Waals surface area contributed by atoms with E-state index in [4.69, 9.17) is 10.5 Å². The number of nitrogens with two attached hydrogens (primary N) is 1. The van der Waals surface area contributed by atoms with E-state index in [2.05, 4.69) is 4.74 Å². The summed E-state index contributed by atoms with van der Waals surface area (Å²) < 4.78 is 44.6. The second kappa shape index (κ2) is 3.81. The van der Waals surface area contributed by atoms with Crippen LogP contribution in [0.3, 0.4) is 0 Å². The van der Waals surface area contributed by atoms with Crippen LogP contribution < -0.4 is 5.73 Å². The van der Waals surface area contributed by atoms with Crippen molar-refractivity contribution >= 4 is 0 Å². The lowest BCUT2D eigenvalue weighted by Gasteiger charge is -2.40. The van der Waals surface area contributed by atoms with E-state index in [9.17, 15) is 13.2 Å². The van der Waals surface area contributed by atoms with Crippen LogP contribution in [0, 0.1) is 0 Å². The van der Waals surface area contributed by atoms with Crippen molar-refractivity contribution in [2.45, 2.75) is 30.8 Å². The summed E-state index contributed by atoms with van der Waals surface area (Å²) in [6.45, 7) is -1.23. The Bertz CT molecular complexity index is 174. The van der Waals surface area contributed by atoms with E-state index in [0.717, 1.165) is 0 Å². The van der Waals surface area contributed by atoms with Gasteiger partial charge < -0.3 is 15.2 Å². The summed E-state index contributed by atoms with van der Waals surface area (Å²) in [4.78, 5) is 0. The normalized spacial score (nSPS) is 34.4. The molecular formula is C7H12F3NO2. The van der Waals surface area contributed by atoms with Crippen molar-refractivity contribution in [1.29, 1.82) is 0 Å². The van der Waals surface area contributed by atoms with Gasteiger partial charge in [0.05, 0.1) is 12.2 Å². The molecule has 0 heterocycles. The van der Waals surface area contributed by atoms with E-state index in [-0.39, 0.29) is 6.04 Å². The third-order valence-electron chi connectivity index (χ3n) is 2.03. The predicted octanol–water partition coefficient (Wildman–Crippen LogP) is 0.680. The summed E-state index contributed by atoms with van der Waals surface area (Å²) in [6.07, 6.45) is -4.77. The number of hydrogen-bond donors (Lipinski definition) is 1. The van der Waals surface area contributed by atoms with Crippen LogP contribution in [0.2, 0.25) is 0 Å². The number of halogens is 3. The largest absolute Gasteiger partial charge is 0.411 e. The molecule has 6 heteroatoms. The fourth-order valence-electron chi connectivity index (χ4n) is 1.31. The minimum absolute atomic E-state index is 0.205. The fourth-order valence-corrected chi connectivity index (χ4v) is 1.31. The second-order valence-corrected chi connectivity index (χ2v) is 3.06. The molecule has 1 rings (SSSR count). The molecule has 3 atom stereocenters. The summed E-state index contributed by atoms with van der Waals surface area (Å²) >= 11 is 0. The van der Waals surface area contributed by atoms with E-state index in [1.807, 2.05) is 0 Å². The first-order chi connectivity index (χ1) is 5.94. The van der Waals surface area contributed by atoms with E-state index < -0.39 is 25.0 Å². The molecule has 0 radical (unpaired) electrons. The number of hydrogen-bond acceptors (Lipinski definition) is 3. The average molecular weight is 199 g/mol. The van der Waals surface area contributed by atoms with Gasteiger partial charge >= 0.3 is 6.18 Å². The highest BCUT2D eigenvalue weighted by Gasteiger charge is 2.42. The maximum atomic E-state index is 11.7. The Balaban J connectivity index is 2.24. The minimum Gasteiger partial charge on any atom is -0.377 e. The van der Waals surface area contributed by atoms with Gasteiger partial charge in [0.1, 0.15) is 6.61 Å². The lowest BCUT2D eigenvalue weighted by atomic mass is 9.86. The molecule has 2 N–H and O–H groups in total. The van der Waals surface area contributed by atoms with Gasteiger partial charge in [0.25, 0.3) is 0 Å². The van der Waals surface area contributed by atoms with Gasteiger partial charge in [-0.3, -0.25) is 0 Å². The van der Waals surface area contributed by atoms with Crippen LogP contribution >= 0.6 is 0 Å². The molecule has 0 spiro atoms. The summed E-state index contributed by atoms with van der Waals surface area (Å²) in [5, 5.41) is 0. The first-order valence-electron chi connectivity index (χ1n) is 3.91. The molecule has 0 aromatic heterocycles. The molecule has 13 heavy (non-hydrogen) atoms. The topological polar surface area (TPSA) is 44.5 Å². The zero-order chi connectivity index (χ0) is 10.1. The number of ether oxygens (including phenoxy) is 2. The smallest absolute Gasteiger partial charge is 0.377 e. The Labute approximate surface area is 74.0 Å². The quantitative estimate of drug-likeness (QED) is 0.726. The van der Waals surface area contributed by atoms with Gasteiger partial charge in [-0.05, 0) is 6.42 Å². The second-order valence-electron chi connectivity index (χ2n) is 3.06. The first-order valence-corrected chi connectivity index (χ1v) is 3.91. The highest BCUT2D eigenvalue weighted by Crippen LogP contribution is 2.27. The Morgan fingerprint density at radius 2 is 2.08 bits per heavy atom. The van der Waals surface area contributed by atoms with Gasteiger partial charge in [0, 0.05) is 13.2 Å². The third-order valence-corrected chi connectivity index (χ3v) is 2.03. The molecule has 0 saturated heterocycles. The fraction of sp³-hybridized carbons (Fsp3) is 1.00. The van der Waals surface area contributed by atoms with Crippen LogP contribution in [0.4, 0.5) is 13.2 Å². The molecule has 0 aromatic rings. The van der Waals surface area contributed by atoms with Crippen molar-refractivity contribution in [2.75, 3.05) is 13.7 Å². The van der Waals surface area contributed by atoms with Crippen LogP contribution in [0.15, 0.2) is 0 Å². The highest BCUT2D eigenvalue weighted by molar-refractivity contribution is 4.94. The Morgan fingerprint density at radius 1 is 1.46 bits per heavy atom. The van der Waals surface area contributed by atoms with Crippen LogP contribution in [0.1, 0.15) is 6.42 Å². The lowest BCUT2D eigenvalue weighted by molar-refractivity contribution is -0.215. The zero-order valence-electron chi connectivity index (χ0n) is 7.17. The molecule has 0 amide bonds. The van der Waals surface area contributed by atoms with Gasteiger partial charge in [-0.1, -0.05) is 0 Å². The molecule has 1 aliphatic carbocycles. The highest BCUT2D eigenvalue weighted by atomic mass is 19.4. The van der Waals surface area contributed by atoms with Crippen LogP contribution in [-0.2, 0) is 9.47 Å². The maximum Gasteiger partial charge on any atom is 0.411 e. The number of rotatable bonds is 3. The van der Waals surface area contributed by atoms with Crippen molar-refractivity contribution in [1.82, 2.24) is 0 Å². The van der Waals surface area contributed by atoms with Crippen LogP contribution in [-0.4, -0.2) is 38.1 Å². The van der Waals surface area contributed by atoms with Crippen molar-refractivity contribution < 1.29 is 22.6 Å². The van der Waals surface area contributed by atoms with Crippen molar-refractivity contribution in [3.63, 3.8) is 0 Å². The summed E-state index contributed by atoms with van der Waals surface area (Å²) in [7, 11) is 1.41. The van der Waals surface area contributed by atoms with Gasteiger partial charge in [0.2, 0.25) is 0 Å². The minimum atomic E-state index is -4.28. The lowest BCUT2D eigenvalue weighted by Crippen LogP contribution is -2.58. The average Bonchev–Trinajstić information content (AvgIpc) is 1.96. The van der Waals surface area contributed by atoms with Crippen LogP contribution in [0.5, 0.6) is 0 Å². The Hall–Kier alpha value is -0.330. The zero-order valence-corrected chi connectivity index (χ0v) is 7.17. The monoisotopic (exact) mass is 199 g/mol. The van der Waals surface area contributed by atoms with Gasteiger partial charge in [-0.15, -0.1) is 0 Å². The molecule has 1 fully saturated rings. The van der Waals surface area contributed by atoms with Gasteiger partial charge in [-0.2, -0.15) is 13.2 Å². The molecule has 0 aliphatic heterocycles. The van der Waals surface area contributed by atoms with Gasteiger partial charge in [-0.25, -0.2) is 0 Å². The number of alkyl halides is 3. The van der Waals surface area contributed by atoms with Crippen LogP contribution in [0.25, 0.3) is 0 Å². The van der Waals surface area contributed by atoms with Crippen molar-refractivity contribution in [3.05, 3.63) is 0 Å². The molecule has 3 nitrogen and oxygen atoms in total. The first kappa shape index (κ1) is 10.7. The van der Waals surface area contributed by atoms with Crippen molar-refractivity contribution in [3.8, 4) is 0 Å². The third kappa shape index (κ3) is 2.82. The standard InChI is InChI=1S/C7H12F3NO2/c1-12-6-4(11)2-5(6)13-3-7(8,9)10/h4-6H,2-3,11H2,1H3. The van der Waals surface area contributed by atoms with E-state index in [1.165, 1.54) is 7.11 Å². The van der Waals surface area contributed by atoms with E-state index in [1.54, 1.807) is 0 Å². The maximum absolute atomic E-state index is 11.7. The van der Waals surface area contributed by atoms with Gasteiger partial charge in [0.15, 0.2) is 0 Å². The Morgan fingerprint density at radius 3 is 2.46 bits per heavy atom. The SMILES string of the molecule is COC1C(N)CC1OCC(F)(F)F. The molecular weight excluding hydrogens is 187 g/mol. The molecule has 3 unspecified atom stereocenters. The molecule has 0 bridgehead atoms. The number of methoxy groups -OCH3 is 1. The van der Waals surface area contributed by atoms with Crippen molar-refractivity contribution in [2.24, 2.45) is 5.73 Å². The molecule has 1 aliphatic rings. The molecule has 1 saturated carbocycles. The molecule has 78 valence electrons. The summed E-state index contributed by atoms with van der Waals surface area (Å²) in [5.74, 6) is 0. The predicted molar refractivity (Wildman–Crippen MR) is 39.2 cm³/mol. The summed E-state index contributed by atoms with van der Waals surface area (Å²) in [5.41, 5.74) is 5.48.